The van der Waals surface area contributed by atoms with Crippen molar-refractivity contribution in [1.29, 1.82) is 0 Å². The van der Waals surface area contributed by atoms with Crippen molar-refractivity contribution < 1.29 is 31.9 Å². The molecule has 10 heteroatoms. The summed E-state index contributed by atoms with van der Waals surface area (Å²) in [6, 6.07) is 4.12. The first-order chi connectivity index (χ1) is 10.5. The van der Waals surface area contributed by atoms with Crippen LogP contribution in [-0.2, 0) is 5.92 Å². The van der Waals surface area contributed by atoms with Crippen molar-refractivity contribution >= 4 is 22.4 Å². The zero-order valence-electron chi connectivity index (χ0n) is 11.4. The molecule has 0 saturated carbocycles. The summed E-state index contributed by atoms with van der Waals surface area (Å²) in [6.07, 6.45) is -5.78. The van der Waals surface area contributed by atoms with E-state index in [4.69, 9.17) is 0 Å². The molecular formula is C13H9F5N2O2S. The Hall–Kier alpha value is -2.23. The number of aromatic nitrogens is 1. The van der Waals surface area contributed by atoms with Crippen molar-refractivity contribution in [2.75, 3.05) is 5.32 Å². The maximum absolute atomic E-state index is 13.1. The van der Waals surface area contributed by atoms with Crippen molar-refractivity contribution in [1.82, 2.24) is 4.98 Å². The van der Waals surface area contributed by atoms with Crippen molar-refractivity contribution in [2.24, 2.45) is 0 Å². The first-order valence-electron chi connectivity index (χ1n) is 6.04. The van der Waals surface area contributed by atoms with Crippen LogP contribution in [0.5, 0.6) is 5.75 Å². The molecule has 1 amide bonds. The number of nitrogens with zero attached hydrogens (tertiary/aromatic N) is 1. The molecule has 2 N–H and O–H groups in total. The number of benzene rings is 1. The van der Waals surface area contributed by atoms with E-state index < -0.39 is 28.8 Å². The lowest BCUT2D eigenvalue weighted by molar-refractivity contribution is -0.290. The number of phenolic OH excluding ortho intramolecular Hbond substituents is 1. The summed E-state index contributed by atoms with van der Waals surface area (Å²) < 4.78 is 62.9. The third kappa shape index (κ3) is 3.41. The van der Waals surface area contributed by atoms with Gasteiger partial charge < -0.3 is 5.11 Å². The molecule has 2 rings (SSSR count). The number of carbonyl (C=O) groups excluding carboxylic acids is 1. The number of hydrogen-bond donors (Lipinski definition) is 2. The molecule has 0 aliphatic carbocycles. The third-order valence-corrected chi connectivity index (χ3v) is 3.56. The number of anilines is 1. The Bertz CT molecular complexity index is 742. The Kier molecular flexibility index (Phi) is 4.29. The lowest BCUT2D eigenvalue weighted by atomic mass is 10.1. The topological polar surface area (TPSA) is 62.2 Å². The van der Waals surface area contributed by atoms with Crippen LogP contribution in [-0.4, -0.2) is 22.2 Å². The number of nitrogens with one attached hydrogen (secondary N) is 1. The predicted octanol–water partition coefficient (Wildman–Crippen LogP) is 4.06. The van der Waals surface area contributed by atoms with E-state index in [1.54, 1.807) is 6.92 Å². The van der Waals surface area contributed by atoms with Crippen molar-refractivity contribution in [3.63, 3.8) is 0 Å². The molecule has 0 fully saturated rings. The Morgan fingerprint density at radius 2 is 1.91 bits per heavy atom. The fourth-order valence-corrected chi connectivity index (χ4v) is 2.35. The van der Waals surface area contributed by atoms with Gasteiger partial charge in [-0.05, 0) is 24.6 Å². The molecule has 2 aromatic rings. The quantitative estimate of drug-likeness (QED) is 0.819. The van der Waals surface area contributed by atoms with Crippen LogP contribution >= 0.6 is 11.3 Å². The molecule has 23 heavy (non-hydrogen) atoms. The van der Waals surface area contributed by atoms with E-state index in [1.165, 1.54) is 18.2 Å². The number of rotatable bonds is 3. The average molecular weight is 352 g/mol. The Labute approximate surface area is 130 Å². The smallest absolute Gasteiger partial charge is 0.459 e. The van der Waals surface area contributed by atoms with E-state index in [-0.39, 0.29) is 11.3 Å². The zero-order chi connectivity index (χ0) is 17.4. The standard InChI is InChI=1S/C13H9F5N2O2S/c1-6-2-3-7(8(21)4-6)10(22)20-11-19-9(5-23-11)12(14,15)13(16,17)18/h2-5,21H,1H3,(H,19,20,22). The Balaban J connectivity index is 2.21. The highest BCUT2D eigenvalue weighted by molar-refractivity contribution is 7.14. The molecule has 4 nitrogen and oxygen atoms in total. The fraction of sp³-hybridized carbons (Fsp3) is 0.231. The van der Waals surface area contributed by atoms with Crippen LogP contribution < -0.4 is 5.32 Å². The number of halogens is 5. The highest BCUT2D eigenvalue weighted by Crippen LogP contribution is 2.44. The average Bonchev–Trinajstić information content (AvgIpc) is 2.86. The molecule has 0 saturated heterocycles. The first-order valence-corrected chi connectivity index (χ1v) is 6.92. The number of amides is 1. The van der Waals surface area contributed by atoms with Crippen LogP contribution in [0.2, 0.25) is 0 Å². The molecule has 0 bridgehead atoms. The second-order valence-electron chi connectivity index (χ2n) is 4.58. The van der Waals surface area contributed by atoms with E-state index in [2.05, 4.69) is 10.3 Å². The summed E-state index contributed by atoms with van der Waals surface area (Å²) in [5.74, 6) is -6.34. The number of aromatic hydroxyl groups is 1. The Morgan fingerprint density at radius 3 is 2.48 bits per heavy atom. The number of hydrogen-bond acceptors (Lipinski definition) is 4. The predicted molar refractivity (Wildman–Crippen MR) is 72.9 cm³/mol. The van der Waals surface area contributed by atoms with Gasteiger partial charge in [-0.2, -0.15) is 22.0 Å². The summed E-state index contributed by atoms with van der Waals surface area (Å²) in [6.45, 7) is 1.67. The van der Waals surface area contributed by atoms with Crippen molar-refractivity contribution in [3.05, 3.63) is 40.4 Å². The van der Waals surface area contributed by atoms with Gasteiger partial charge in [0.25, 0.3) is 5.91 Å². The van der Waals surface area contributed by atoms with Gasteiger partial charge in [0, 0.05) is 5.38 Å². The monoisotopic (exact) mass is 352 g/mol. The molecule has 0 aliphatic rings. The lowest BCUT2D eigenvalue weighted by Crippen LogP contribution is -2.34. The lowest BCUT2D eigenvalue weighted by Gasteiger charge is -2.16. The number of phenols is 1. The van der Waals surface area contributed by atoms with Gasteiger partial charge >= 0.3 is 12.1 Å². The number of carbonyl (C=O) groups is 1. The van der Waals surface area contributed by atoms with E-state index in [9.17, 15) is 31.9 Å². The number of thiazole rings is 1. The highest BCUT2D eigenvalue weighted by atomic mass is 32.1. The van der Waals surface area contributed by atoms with E-state index >= 15 is 0 Å². The Morgan fingerprint density at radius 1 is 1.26 bits per heavy atom. The summed E-state index contributed by atoms with van der Waals surface area (Å²) in [5.41, 5.74) is -0.978. The van der Waals surface area contributed by atoms with E-state index in [1.807, 2.05) is 0 Å². The van der Waals surface area contributed by atoms with Gasteiger partial charge in [-0.1, -0.05) is 6.07 Å². The number of alkyl halides is 5. The summed E-state index contributed by atoms with van der Waals surface area (Å²) in [4.78, 5) is 15.0. The second-order valence-corrected chi connectivity index (χ2v) is 5.44. The van der Waals surface area contributed by atoms with Gasteiger partial charge in [-0.3, -0.25) is 10.1 Å². The molecule has 1 heterocycles. The molecular weight excluding hydrogens is 343 g/mol. The third-order valence-electron chi connectivity index (χ3n) is 2.80. The van der Waals surface area contributed by atoms with Crippen LogP contribution in [0.4, 0.5) is 27.1 Å². The van der Waals surface area contributed by atoms with Gasteiger partial charge in [-0.25, -0.2) is 4.98 Å². The van der Waals surface area contributed by atoms with Gasteiger partial charge in [0.05, 0.1) is 5.56 Å². The van der Waals surface area contributed by atoms with Crippen LogP contribution in [0.1, 0.15) is 21.6 Å². The highest BCUT2D eigenvalue weighted by Gasteiger charge is 2.60. The second kappa shape index (κ2) is 5.76. The van der Waals surface area contributed by atoms with Gasteiger partial charge in [0.15, 0.2) is 5.13 Å². The summed E-state index contributed by atoms with van der Waals surface area (Å²) >= 11 is 0.420. The maximum atomic E-state index is 13.1. The zero-order valence-corrected chi connectivity index (χ0v) is 12.2. The summed E-state index contributed by atoms with van der Waals surface area (Å²) in [5, 5.41) is 11.8. The number of aryl methyl sites for hydroxylation is 1. The summed E-state index contributed by atoms with van der Waals surface area (Å²) in [7, 11) is 0. The molecule has 0 atom stereocenters. The minimum absolute atomic E-state index is 0.157. The van der Waals surface area contributed by atoms with E-state index in [0.717, 1.165) is 0 Å². The first kappa shape index (κ1) is 17.1. The van der Waals surface area contributed by atoms with Crippen LogP contribution in [0.15, 0.2) is 23.6 Å². The van der Waals surface area contributed by atoms with Crippen LogP contribution in [0.25, 0.3) is 0 Å². The minimum Gasteiger partial charge on any atom is -0.507 e. The van der Waals surface area contributed by atoms with Crippen molar-refractivity contribution in [3.8, 4) is 5.75 Å². The molecule has 124 valence electrons. The van der Waals surface area contributed by atoms with E-state index in [0.29, 0.717) is 22.3 Å². The van der Waals surface area contributed by atoms with Gasteiger partial charge in [-0.15, -0.1) is 11.3 Å². The molecule has 0 aliphatic heterocycles. The molecule has 0 radical (unpaired) electrons. The normalized spacial score (nSPS) is 12.3. The molecule has 1 aromatic heterocycles. The molecule has 0 unspecified atom stereocenters. The van der Waals surface area contributed by atoms with Crippen LogP contribution in [0.3, 0.4) is 0 Å². The fourth-order valence-electron chi connectivity index (χ4n) is 1.62. The van der Waals surface area contributed by atoms with Gasteiger partial charge in [0.1, 0.15) is 11.4 Å². The van der Waals surface area contributed by atoms with Crippen molar-refractivity contribution in [2.45, 2.75) is 19.0 Å². The molecule has 0 spiro atoms. The SMILES string of the molecule is Cc1ccc(C(=O)Nc2nc(C(F)(F)C(F)(F)F)cs2)c(O)c1. The largest absolute Gasteiger partial charge is 0.507 e. The molecule has 1 aromatic carbocycles. The minimum atomic E-state index is -5.78. The van der Waals surface area contributed by atoms with Gasteiger partial charge in [0.2, 0.25) is 0 Å². The maximum Gasteiger partial charge on any atom is 0.459 e. The van der Waals surface area contributed by atoms with Crippen LogP contribution in [0, 0.1) is 6.92 Å².